The van der Waals surface area contributed by atoms with Crippen molar-refractivity contribution in [3.05, 3.63) is 17.8 Å². The molecule has 0 bridgehead atoms. The van der Waals surface area contributed by atoms with Gasteiger partial charge in [0, 0.05) is 31.7 Å². The highest BCUT2D eigenvalue weighted by Crippen LogP contribution is 2.20. The van der Waals surface area contributed by atoms with Gasteiger partial charge in [-0.15, -0.1) is 5.10 Å². The minimum Gasteiger partial charge on any atom is -0.355 e. The number of hydrogen-bond donors (Lipinski definition) is 1. The molecule has 3 rings (SSSR count). The molecule has 5 heteroatoms. The lowest BCUT2D eigenvalue weighted by Crippen LogP contribution is -2.42. The second-order valence-electron chi connectivity index (χ2n) is 6.22. The van der Waals surface area contributed by atoms with Crippen molar-refractivity contribution in [1.29, 1.82) is 0 Å². The number of anilines is 1. The van der Waals surface area contributed by atoms with E-state index >= 15 is 0 Å². The fraction of sp³-hybridized carbons (Fsp3) is 0.733. The first-order valence-corrected chi connectivity index (χ1v) is 7.70. The van der Waals surface area contributed by atoms with Gasteiger partial charge >= 0.3 is 0 Å². The molecule has 0 spiro atoms. The van der Waals surface area contributed by atoms with Crippen LogP contribution in [0.1, 0.15) is 31.4 Å². The Morgan fingerprint density at radius 3 is 2.45 bits per heavy atom. The van der Waals surface area contributed by atoms with Crippen LogP contribution in [0.2, 0.25) is 0 Å². The molecule has 110 valence electrons. The third-order valence-corrected chi connectivity index (χ3v) is 4.37. The lowest BCUT2D eigenvalue weighted by molar-refractivity contribution is 0.249. The molecule has 0 aromatic carbocycles. The summed E-state index contributed by atoms with van der Waals surface area (Å²) in [6, 6.07) is 5.66. The van der Waals surface area contributed by atoms with E-state index in [9.17, 15) is 0 Å². The van der Waals surface area contributed by atoms with Gasteiger partial charge in [0.2, 0.25) is 0 Å². The van der Waals surface area contributed by atoms with E-state index in [1.54, 1.807) is 0 Å². The molecule has 1 aliphatic carbocycles. The molecular weight excluding hydrogens is 250 g/mol. The third kappa shape index (κ3) is 3.46. The molecule has 20 heavy (non-hydrogen) atoms. The van der Waals surface area contributed by atoms with Crippen LogP contribution < -0.4 is 10.2 Å². The van der Waals surface area contributed by atoms with Crippen molar-refractivity contribution in [2.75, 3.05) is 32.1 Å². The van der Waals surface area contributed by atoms with E-state index in [1.807, 2.05) is 0 Å². The molecule has 5 nitrogen and oxygen atoms in total. The zero-order valence-electron chi connectivity index (χ0n) is 12.5. The largest absolute Gasteiger partial charge is 0.355 e. The van der Waals surface area contributed by atoms with Crippen LogP contribution in [-0.2, 0) is 6.54 Å². The van der Waals surface area contributed by atoms with E-state index in [-0.39, 0.29) is 0 Å². The number of rotatable bonds is 5. The fourth-order valence-corrected chi connectivity index (χ4v) is 2.76. The maximum absolute atomic E-state index is 4.39. The number of nitrogens with zero attached hydrogens (tertiary/aromatic N) is 4. The molecule has 1 aliphatic heterocycles. The molecule has 2 fully saturated rings. The first kappa shape index (κ1) is 13.8. The van der Waals surface area contributed by atoms with Crippen molar-refractivity contribution in [1.82, 2.24) is 20.4 Å². The predicted octanol–water partition coefficient (Wildman–Crippen LogP) is 1.26. The summed E-state index contributed by atoms with van der Waals surface area (Å²) in [6.07, 6.45) is 5.04. The summed E-state index contributed by atoms with van der Waals surface area (Å²) in [5.41, 5.74) is 1.05. The number of hydrogen-bond acceptors (Lipinski definition) is 5. The fourth-order valence-electron chi connectivity index (χ4n) is 2.76. The molecule has 1 saturated heterocycles. The van der Waals surface area contributed by atoms with E-state index in [4.69, 9.17) is 0 Å². The minimum atomic E-state index is 0.709. The molecule has 1 aromatic rings. The van der Waals surface area contributed by atoms with E-state index in [0.717, 1.165) is 37.2 Å². The van der Waals surface area contributed by atoms with Crippen molar-refractivity contribution < 1.29 is 0 Å². The van der Waals surface area contributed by atoms with Crippen molar-refractivity contribution in [2.24, 2.45) is 0 Å². The average Bonchev–Trinajstić information content (AvgIpc) is 3.30. The summed E-state index contributed by atoms with van der Waals surface area (Å²) < 4.78 is 0. The second kappa shape index (κ2) is 6.06. The van der Waals surface area contributed by atoms with Gasteiger partial charge in [0.1, 0.15) is 0 Å². The van der Waals surface area contributed by atoms with E-state index < -0.39 is 0 Å². The molecule has 1 aromatic heterocycles. The van der Waals surface area contributed by atoms with Gasteiger partial charge < -0.3 is 15.1 Å². The van der Waals surface area contributed by atoms with Gasteiger partial charge in [-0.25, -0.2) is 0 Å². The zero-order valence-corrected chi connectivity index (χ0v) is 12.5. The molecule has 1 saturated carbocycles. The lowest BCUT2D eigenvalue weighted by atomic mass is 10.0. The summed E-state index contributed by atoms with van der Waals surface area (Å²) in [5.74, 6) is 1.03. The standard InChI is InChI=1S/C15H25N5/c1-19(2)14-7-9-20(10-8-14)15-6-5-13(17-18-15)11-16-12-3-4-12/h5-6,12,14,16H,3-4,7-11H2,1-2H3. The maximum Gasteiger partial charge on any atom is 0.151 e. The van der Waals surface area contributed by atoms with Gasteiger partial charge in [-0.2, -0.15) is 5.10 Å². The lowest BCUT2D eigenvalue weighted by Gasteiger charge is -2.35. The maximum atomic E-state index is 4.39. The van der Waals surface area contributed by atoms with Crippen LogP contribution in [-0.4, -0.2) is 54.4 Å². The first-order chi connectivity index (χ1) is 9.72. The van der Waals surface area contributed by atoms with Crippen LogP contribution in [0, 0.1) is 0 Å². The molecular formula is C15H25N5. The molecule has 1 N–H and O–H groups in total. The predicted molar refractivity (Wildman–Crippen MR) is 80.8 cm³/mol. The van der Waals surface area contributed by atoms with Gasteiger partial charge in [0.15, 0.2) is 5.82 Å². The molecule has 0 atom stereocenters. The summed E-state index contributed by atoms with van der Waals surface area (Å²) >= 11 is 0. The van der Waals surface area contributed by atoms with Gasteiger partial charge in [0.05, 0.1) is 5.69 Å². The van der Waals surface area contributed by atoms with Gasteiger partial charge in [-0.1, -0.05) is 0 Å². The van der Waals surface area contributed by atoms with Crippen molar-refractivity contribution in [3.63, 3.8) is 0 Å². The summed E-state index contributed by atoms with van der Waals surface area (Å²) in [4.78, 5) is 4.68. The van der Waals surface area contributed by atoms with E-state index in [2.05, 4.69) is 51.5 Å². The SMILES string of the molecule is CN(C)C1CCN(c2ccc(CNC3CC3)nn2)CC1. The normalized spacial score (nSPS) is 20.6. The summed E-state index contributed by atoms with van der Waals surface area (Å²) in [6.45, 7) is 3.01. The molecule has 2 heterocycles. The number of piperidine rings is 1. The van der Waals surface area contributed by atoms with Crippen molar-refractivity contribution >= 4 is 5.82 Å². The monoisotopic (exact) mass is 275 g/mol. The van der Waals surface area contributed by atoms with E-state index in [0.29, 0.717) is 6.04 Å². The Morgan fingerprint density at radius 1 is 1.15 bits per heavy atom. The van der Waals surface area contributed by atoms with Gasteiger partial charge in [-0.3, -0.25) is 0 Å². The molecule has 2 aliphatic rings. The smallest absolute Gasteiger partial charge is 0.151 e. The minimum absolute atomic E-state index is 0.709. The average molecular weight is 275 g/mol. The van der Waals surface area contributed by atoms with Crippen molar-refractivity contribution in [3.8, 4) is 0 Å². The van der Waals surface area contributed by atoms with Crippen LogP contribution in [0.5, 0.6) is 0 Å². The first-order valence-electron chi connectivity index (χ1n) is 7.70. The highest BCUT2D eigenvalue weighted by Gasteiger charge is 2.22. The second-order valence-corrected chi connectivity index (χ2v) is 6.22. The summed E-state index contributed by atoms with van der Waals surface area (Å²) in [5, 5.41) is 12.2. The van der Waals surface area contributed by atoms with Crippen LogP contribution in [0.3, 0.4) is 0 Å². The van der Waals surface area contributed by atoms with Crippen molar-refractivity contribution in [2.45, 2.75) is 44.3 Å². The van der Waals surface area contributed by atoms with E-state index in [1.165, 1.54) is 25.7 Å². The Kier molecular flexibility index (Phi) is 4.17. The van der Waals surface area contributed by atoms with Crippen LogP contribution in [0.25, 0.3) is 0 Å². The Labute approximate surface area is 121 Å². The van der Waals surface area contributed by atoms with Gasteiger partial charge in [-0.05, 0) is 51.9 Å². The Morgan fingerprint density at radius 2 is 1.90 bits per heavy atom. The Balaban J connectivity index is 1.52. The zero-order chi connectivity index (χ0) is 13.9. The van der Waals surface area contributed by atoms with Crippen LogP contribution in [0.4, 0.5) is 5.82 Å². The number of aromatic nitrogens is 2. The highest BCUT2D eigenvalue weighted by atomic mass is 15.3. The highest BCUT2D eigenvalue weighted by molar-refractivity contribution is 5.37. The molecule has 0 radical (unpaired) electrons. The Hall–Kier alpha value is -1.20. The van der Waals surface area contributed by atoms with Crippen LogP contribution in [0.15, 0.2) is 12.1 Å². The molecule has 0 amide bonds. The van der Waals surface area contributed by atoms with Gasteiger partial charge in [0.25, 0.3) is 0 Å². The topological polar surface area (TPSA) is 44.3 Å². The third-order valence-electron chi connectivity index (χ3n) is 4.37. The van der Waals surface area contributed by atoms with Crippen LogP contribution >= 0.6 is 0 Å². The Bertz CT molecular complexity index is 418. The quantitative estimate of drug-likeness (QED) is 0.876. The number of nitrogens with one attached hydrogen (secondary N) is 1. The molecule has 0 unspecified atom stereocenters. The summed E-state index contributed by atoms with van der Waals surface area (Å²) in [7, 11) is 4.34.